The molecular weight excluding hydrogens is 290 g/mol. The van der Waals surface area contributed by atoms with Gasteiger partial charge in [-0.05, 0) is 49.2 Å². The van der Waals surface area contributed by atoms with Crippen molar-refractivity contribution < 1.29 is 5.11 Å². The lowest BCUT2D eigenvalue weighted by Crippen LogP contribution is -2.07. The van der Waals surface area contributed by atoms with Crippen molar-refractivity contribution in [1.82, 2.24) is 0 Å². The highest BCUT2D eigenvalue weighted by Crippen LogP contribution is 2.27. The SMILES string of the molecule is Cc1cc(NC(C)c2ccccc2Br)ccc1O. The summed E-state index contributed by atoms with van der Waals surface area (Å²) in [5.74, 6) is 0.328. The van der Waals surface area contributed by atoms with Crippen molar-refractivity contribution in [3.8, 4) is 5.75 Å². The molecule has 0 amide bonds. The second-order valence-corrected chi connectivity index (χ2v) is 5.24. The van der Waals surface area contributed by atoms with Crippen LogP contribution in [0.3, 0.4) is 0 Å². The normalized spacial score (nSPS) is 12.2. The number of aromatic hydroxyl groups is 1. The summed E-state index contributed by atoms with van der Waals surface area (Å²) in [6.07, 6.45) is 0. The van der Waals surface area contributed by atoms with Crippen LogP contribution in [-0.2, 0) is 0 Å². The number of benzene rings is 2. The summed E-state index contributed by atoms with van der Waals surface area (Å²) in [6.45, 7) is 4.01. The zero-order chi connectivity index (χ0) is 13.1. The van der Waals surface area contributed by atoms with Crippen LogP contribution < -0.4 is 5.32 Å². The van der Waals surface area contributed by atoms with Gasteiger partial charge in [-0.1, -0.05) is 34.1 Å². The number of nitrogens with one attached hydrogen (secondary N) is 1. The zero-order valence-corrected chi connectivity index (χ0v) is 12.0. The summed E-state index contributed by atoms with van der Waals surface area (Å²) in [4.78, 5) is 0. The van der Waals surface area contributed by atoms with Crippen molar-refractivity contribution >= 4 is 21.6 Å². The fraction of sp³-hybridized carbons (Fsp3) is 0.200. The standard InChI is InChI=1S/C15H16BrNO/c1-10-9-12(7-8-15(10)18)17-11(2)13-5-3-4-6-14(13)16/h3-9,11,17-18H,1-2H3. The predicted molar refractivity (Wildman–Crippen MR) is 79.0 cm³/mol. The van der Waals surface area contributed by atoms with E-state index in [9.17, 15) is 5.11 Å². The summed E-state index contributed by atoms with van der Waals surface area (Å²) in [5.41, 5.74) is 3.09. The first-order valence-corrected chi connectivity index (χ1v) is 6.68. The van der Waals surface area contributed by atoms with Gasteiger partial charge < -0.3 is 10.4 Å². The number of rotatable bonds is 3. The fourth-order valence-electron chi connectivity index (χ4n) is 1.90. The number of halogens is 1. The van der Waals surface area contributed by atoms with E-state index in [0.717, 1.165) is 15.7 Å². The summed E-state index contributed by atoms with van der Waals surface area (Å²) in [6, 6.07) is 13.9. The second-order valence-electron chi connectivity index (χ2n) is 4.39. The maximum absolute atomic E-state index is 9.50. The molecule has 0 heterocycles. The predicted octanol–water partition coefficient (Wildman–Crippen LogP) is 4.64. The Morgan fingerprint density at radius 3 is 2.56 bits per heavy atom. The van der Waals surface area contributed by atoms with Crippen LogP contribution in [0.25, 0.3) is 0 Å². The molecule has 0 saturated carbocycles. The highest BCUT2D eigenvalue weighted by atomic mass is 79.9. The highest BCUT2D eigenvalue weighted by molar-refractivity contribution is 9.10. The quantitative estimate of drug-likeness (QED) is 0.810. The van der Waals surface area contributed by atoms with Crippen molar-refractivity contribution in [3.63, 3.8) is 0 Å². The third kappa shape index (κ3) is 2.85. The van der Waals surface area contributed by atoms with Crippen LogP contribution in [0.5, 0.6) is 5.75 Å². The van der Waals surface area contributed by atoms with Crippen molar-refractivity contribution in [1.29, 1.82) is 0 Å². The van der Waals surface area contributed by atoms with E-state index in [4.69, 9.17) is 0 Å². The van der Waals surface area contributed by atoms with E-state index in [0.29, 0.717) is 5.75 Å². The van der Waals surface area contributed by atoms with Gasteiger partial charge in [0.1, 0.15) is 5.75 Å². The molecule has 2 rings (SSSR count). The van der Waals surface area contributed by atoms with Gasteiger partial charge in [-0.2, -0.15) is 0 Å². The molecule has 2 aromatic rings. The first-order valence-electron chi connectivity index (χ1n) is 5.88. The smallest absolute Gasteiger partial charge is 0.118 e. The summed E-state index contributed by atoms with van der Waals surface area (Å²) in [5, 5.41) is 12.9. The fourth-order valence-corrected chi connectivity index (χ4v) is 2.53. The molecule has 0 aliphatic heterocycles. The van der Waals surface area contributed by atoms with Crippen molar-refractivity contribution in [2.45, 2.75) is 19.9 Å². The lowest BCUT2D eigenvalue weighted by atomic mass is 10.1. The minimum atomic E-state index is 0.199. The van der Waals surface area contributed by atoms with E-state index in [2.05, 4.69) is 34.2 Å². The molecule has 0 bridgehead atoms. The summed E-state index contributed by atoms with van der Waals surface area (Å²) >= 11 is 3.56. The molecule has 94 valence electrons. The van der Waals surface area contributed by atoms with E-state index in [1.807, 2.05) is 37.3 Å². The number of phenols is 1. The number of hydrogen-bond acceptors (Lipinski definition) is 2. The Kier molecular flexibility index (Phi) is 3.92. The molecule has 2 nitrogen and oxygen atoms in total. The van der Waals surface area contributed by atoms with Gasteiger partial charge in [0.25, 0.3) is 0 Å². The van der Waals surface area contributed by atoms with Crippen LogP contribution in [0.15, 0.2) is 46.9 Å². The minimum absolute atomic E-state index is 0.199. The molecule has 18 heavy (non-hydrogen) atoms. The summed E-state index contributed by atoms with van der Waals surface area (Å²) in [7, 11) is 0. The number of hydrogen-bond donors (Lipinski definition) is 2. The molecule has 0 radical (unpaired) electrons. The number of phenolic OH excluding ortho intramolecular Hbond substituents is 1. The largest absolute Gasteiger partial charge is 0.508 e. The van der Waals surface area contributed by atoms with E-state index in [1.54, 1.807) is 6.07 Å². The van der Waals surface area contributed by atoms with Crippen LogP contribution in [0, 0.1) is 6.92 Å². The van der Waals surface area contributed by atoms with Crippen molar-refractivity contribution in [2.75, 3.05) is 5.32 Å². The molecule has 0 aliphatic rings. The van der Waals surface area contributed by atoms with Crippen LogP contribution in [0.4, 0.5) is 5.69 Å². The van der Waals surface area contributed by atoms with Crippen LogP contribution in [0.1, 0.15) is 24.1 Å². The maximum Gasteiger partial charge on any atom is 0.118 e. The highest BCUT2D eigenvalue weighted by Gasteiger charge is 2.08. The molecule has 2 N–H and O–H groups in total. The zero-order valence-electron chi connectivity index (χ0n) is 10.4. The van der Waals surface area contributed by atoms with Crippen molar-refractivity contribution in [3.05, 3.63) is 58.1 Å². The number of aryl methyl sites for hydroxylation is 1. The lowest BCUT2D eigenvalue weighted by Gasteiger charge is -2.17. The Hall–Kier alpha value is -1.48. The van der Waals surface area contributed by atoms with E-state index >= 15 is 0 Å². The van der Waals surface area contributed by atoms with Crippen LogP contribution in [0.2, 0.25) is 0 Å². The van der Waals surface area contributed by atoms with Gasteiger partial charge in [-0.15, -0.1) is 0 Å². The molecule has 1 atom stereocenters. The van der Waals surface area contributed by atoms with Crippen LogP contribution in [-0.4, -0.2) is 5.11 Å². The third-order valence-electron chi connectivity index (χ3n) is 2.95. The monoisotopic (exact) mass is 305 g/mol. The van der Waals surface area contributed by atoms with Gasteiger partial charge in [0, 0.05) is 16.2 Å². The molecule has 1 unspecified atom stereocenters. The topological polar surface area (TPSA) is 32.3 Å². The summed E-state index contributed by atoms with van der Waals surface area (Å²) < 4.78 is 1.10. The number of anilines is 1. The molecule has 2 aromatic carbocycles. The molecule has 0 saturated heterocycles. The Bertz CT molecular complexity index is 554. The second kappa shape index (κ2) is 5.44. The van der Waals surface area contributed by atoms with Gasteiger partial charge >= 0.3 is 0 Å². The van der Waals surface area contributed by atoms with E-state index in [-0.39, 0.29) is 6.04 Å². The van der Waals surface area contributed by atoms with Gasteiger partial charge in [-0.25, -0.2) is 0 Å². The Labute approximate surface area is 116 Å². The van der Waals surface area contributed by atoms with Gasteiger partial charge in [0.2, 0.25) is 0 Å². The lowest BCUT2D eigenvalue weighted by molar-refractivity contribution is 0.471. The van der Waals surface area contributed by atoms with E-state index in [1.165, 1.54) is 5.56 Å². The third-order valence-corrected chi connectivity index (χ3v) is 3.67. The average molecular weight is 306 g/mol. The first kappa shape index (κ1) is 13.0. The minimum Gasteiger partial charge on any atom is -0.508 e. The maximum atomic E-state index is 9.50. The Morgan fingerprint density at radius 2 is 1.89 bits per heavy atom. The Balaban J connectivity index is 2.19. The van der Waals surface area contributed by atoms with Crippen LogP contribution >= 0.6 is 15.9 Å². The molecule has 0 aliphatic carbocycles. The first-order chi connectivity index (χ1) is 8.58. The molecule has 3 heteroatoms. The van der Waals surface area contributed by atoms with E-state index < -0.39 is 0 Å². The van der Waals surface area contributed by atoms with Gasteiger partial charge in [-0.3, -0.25) is 0 Å². The average Bonchev–Trinajstić information content (AvgIpc) is 2.34. The van der Waals surface area contributed by atoms with Gasteiger partial charge in [0.05, 0.1) is 0 Å². The molecule has 0 fully saturated rings. The molecule has 0 spiro atoms. The molecular formula is C15H16BrNO. The molecule has 0 aromatic heterocycles. The van der Waals surface area contributed by atoms with Gasteiger partial charge in [0.15, 0.2) is 0 Å². The Morgan fingerprint density at radius 1 is 1.17 bits per heavy atom. The van der Waals surface area contributed by atoms with Crippen molar-refractivity contribution in [2.24, 2.45) is 0 Å².